The van der Waals surface area contributed by atoms with Gasteiger partial charge in [-0.05, 0) is 44.8 Å². The third kappa shape index (κ3) is 4.95. The molecule has 3 rings (SSSR count). The predicted octanol–water partition coefficient (Wildman–Crippen LogP) is 5.30. The van der Waals surface area contributed by atoms with Gasteiger partial charge in [0.15, 0.2) is 6.61 Å². The van der Waals surface area contributed by atoms with Crippen LogP contribution in [0.4, 0.5) is 0 Å². The number of nitrogens with one attached hydrogen (secondary N) is 1. The fourth-order valence-electron chi connectivity index (χ4n) is 2.76. The highest BCUT2D eigenvalue weighted by Gasteiger charge is 2.09. The van der Waals surface area contributed by atoms with Crippen LogP contribution in [0.2, 0.25) is 0 Å². The molecular formula is C22H21BrN2O2. The van der Waals surface area contributed by atoms with Crippen molar-refractivity contribution >= 4 is 38.3 Å². The van der Waals surface area contributed by atoms with Gasteiger partial charge in [0.2, 0.25) is 0 Å². The molecule has 27 heavy (non-hydrogen) atoms. The Morgan fingerprint density at radius 2 is 1.78 bits per heavy atom. The topological polar surface area (TPSA) is 50.7 Å². The molecule has 0 aliphatic carbocycles. The van der Waals surface area contributed by atoms with E-state index in [9.17, 15) is 4.79 Å². The second-order valence-corrected chi connectivity index (χ2v) is 6.89. The van der Waals surface area contributed by atoms with Crippen LogP contribution in [-0.4, -0.2) is 18.2 Å². The number of fused-ring (bicyclic) bond motifs is 1. The van der Waals surface area contributed by atoms with E-state index in [0.717, 1.165) is 39.4 Å². The van der Waals surface area contributed by atoms with Crippen molar-refractivity contribution in [3.8, 4) is 5.75 Å². The SMILES string of the molecule is CCCC(=NNC(=O)COc1ccc2ccccc2c1Br)c1ccccc1. The second kappa shape index (κ2) is 9.33. The number of halogens is 1. The van der Waals surface area contributed by atoms with Crippen molar-refractivity contribution in [2.45, 2.75) is 19.8 Å². The average molecular weight is 425 g/mol. The molecule has 0 saturated carbocycles. The fraction of sp³-hybridized carbons (Fsp3) is 0.182. The van der Waals surface area contributed by atoms with Crippen molar-refractivity contribution in [3.05, 3.63) is 76.8 Å². The van der Waals surface area contributed by atoms with Gasteiger partial charge in [-0.25, -0.2) is 5.43 Å². The minimum atomic E-state index is -0.292. The maximum atomic E-state index is 12.2. The van der Waals surface area contributed by atoms with Gasteiger partial charge in [-0.15, -0.1) is 0 Å². The average Bonchev–Trinajstić information content (AvgIpc) is 2.71. The largest absolute Gasteiger partial charge is 0.483 e. The van der Waals surface area contributed by atoms with Crippen molar-refractivity contribution in [2.24, 2.45) is 5.10 Å². The van der Waals surface area contributed by atoms with E-state index in [-0.39, 0.29) is 12.5 Å². The Labute approximate surface area is 167 Å². The number of nitrogens with zero attached hydrogens (tertiary/aromatic N) is 1. The molecule has 5 heteroatoms. The number of hydrogen-bond donors (Lipinski definition) is 1. The van der Waals surface area contributed by atoms with Crippen LogP contribution in [0.5, 0.6) is 5.75 Å². The molecule has 4 nitrogen and oxygen atoms in total. The lowest BCUT2D eigenvalue weighted by atomic mass is 10.1. The summed E-state index contributed by atoms with van der Waals surface area (Å²) in [6, 6.07) is 21.7. The van der Waals surface area contributed by atoms with E-state index in [4.69, 9.17) is 4.74 Å². The maximum Gasteiger partial charge on any atom is 0.277 e. The number of ether oxygens (including phenoxy) is 1. The highest BCUT2D eigenvalue weighted by Crippen LogP contribution is 2.32. The normalized spacial score (nSPS) is 11.4. The van der Waals surface area contributed by atoms with Gasteiger partial charge in [-0.3, -0.25) is 4.79 Å². The Morgan fingerprint density at radius 3 is 2.56 bits per heavy atom. The summed E-state index contributed by atoms with van der Waals surface area (Å²) in [5, 5.41) is 6.45. The zero-order chi connectivity index (χ0) is 19.1. The fourth-order valence-corrected chi connectivity index (χ4v) is 3.37. The van der Waals surface area contributed by atoms with Crippen LogP contribution in [0.3, 0.4) is 0 Å². The summed E-state index contributed by atoms with van der Waals surface area (Å²) in [4.78, 5) is 12.2. The summed E-state index contributed by atoms with van der Waals surface area (Å²) in [6.07, 6.45) is 1.74. The van der Waals surface area contributed by atoms with E-state index < -0.39 is 0 Å². The van der Waals surface area contributed by atoms with Crippen molar-refractivity contribution < 1.29 is 9.53 Å². The van der Waals surface area contributed by atoms with Gasteiger partial charge in [-0.1, -0.05) is 74.0 Å². The quantitative estimate of drug-likeness (QED) is 0.413. The molecule has 3 aromatic rings. The molecule has 0 saturated heterocycles. The molecular weight excluding hydrogens is 404 g/mol. The van der Waals surface area contributed by atoms with E-state index in [1.807, 2.05) is 66.7 Å². The van der Waals surface area contributed by atoms with Crippen molar-refractivity contribution in [3.63, 3.8) is 0 Å². The molecule has 0 aliphatic heterocycles. The van der Waals surface area contributed by atoms with Gasteiger partial charge in [0, 0.05) is 0 Å². The van der Waals surface area contributed by atoms with Crippen LogP contribution in [0.15, 0.2) is 76.3 Å². The van der Waals surface area contributed by atoms with E-state index in [1.54, 1.807) is 0 Å². The smallest absolute Gasteiger partial charge is 0.277 e. The van der Waals surface area contributed by atoms with E-state index in [0.29, 0.717) is 5.75 Å². The van der Waals surface area contributed by atoms with Gasteiger partial charge in [0.25, 0.3) is 5.91 Å². The number of benzene rings is 3. The molecule has 138 valence electrons. The van der Waals surface area contributed by atoms with Gasteiger partial charge in [-0.2, -0.15) is 5.10 Å². The third-order valence-corrected chi connectivity index (χ3v) is 4.91. The van der Waals surface area contributed by atoms with Crippen LogP contribution in [0.25, 0.3) is 10.8 Å². The minimum absolute atomic E-state index is 0.103. The molecule has 0 unspecified atom stereocenters. The van der Waals surface area contributed by atoms with Gasteiger partial charge in [0.1, 0.15) is 5.75 Å². The van der Waals surface area contributed by atoms with Crippen molar-refractivity contribution in [1.29, 1.82) is 0 Å². The Hall–Kier alpha value is -2.66. The second-order valence-electron chi connectivity index (χ2n) is 6.10. The first-order valence-electron chi connectivity index (χ1n) is 8.90. The van der Waals surface area contributed by atoms with Crippen LogP contribution >= 0.6 is 15.9 Å². The summed E-state index contributed by atoms with van der Waals surface area (Å²) >= 11 is 3.56. The van der Waals surface area contributed by atoms with Gasteiger partial charge in [0.05, 0.1) is 10.2 Å². The predicted molar refractivity (Wildman–Crippen MR) is 113 cm³/mol. The van der Waals surface area contributed by atoms with Crippen LogP contribution < -0.4 is 10.2 Å². The Kier molecular flexibility index (Phi) is 6.60. The molecule has 0 heterocycles. The minimum Gasteiger partial charge on any atom is -0.483 e. The van der Waals surface area contributed by atoms with Crippen LogP contribution in [0.1, 0.15) is 25.3 Å². The Morgan fingerprint density at radius 1 is 1.04 bits per heavy atom. The number of carbonyl (C=O) groups excluding carboxylic acids is 1. The maximum absolute atomic E-state index is 12.2. The molecule has 1 amide bonds. The number of carbonyl (C=O) groups is 1. The number of amides is 1. The highest BCUT2D eigenvalue weighted by molar-refractivity contribution is 9.10. The monoisotopic (exact) mass is 424 g/mol. The summed E-state index contributed by atoms with van der Waals surface area (Å²) in [7, 11) is 0. The molecule has 0 radical (unpaired) electrons. The lowest BCUT2D eigenvalue weighted by Crippen LogP contribution is -2.26. The van der Waals surface area contributed by atoms with Gasteiger partial charge < -0.3 is 4.74 Å². The number of hydrazone groups is 1. The van der Waals surface area contributed by atoms with E-state index in [2.05, 4.69) is 33.4 Å². The van der Waals surface area contributed by atoms with Gasteiger partial charge >= 0.3 is 0 Å². The van der Waals surface area contributed by atoms with Crippen LogP contribution in [-0.2, 0) is 4.79 Å². The Bertz CT molecular complexity index is 955. The van der Waals surface area contributed by atoms with Crippen molar-refractivity contribution in [2.75, 3.05) is 6.61 Å². The first-order valence-corrected chi connectivity index (χ1v) is 9.69. The summed E-state index contributed by atoms with van der Waals surface area (Å²) in [5.74, 6) is 0.337. The number of rotatable bonds is 7. The molecule has 3 aromatic carbocycles. The lowest BCUT2D eigenvalue weighted by Gasteiger charge is -2.10. The zero-order valence-electron chi connectivity index (χ0n) is 15.1. The molecule has 0 atom stereocenters. The highest BCUT2D eigenvalue weighted by atomic mass is 79.9. The first kappa shape index (κ1) is 19.1. The summed E-state index contributed by atoms with van der Waals surface area (Å²) < 4.78 is 6.52. The van der Waals surface area contributed by atoms with Crippen molar-refractivity contribution in [1.82, 2.24) is 5.43 Å². The molecule has 0 aliphatic rings. The number of hydrogen-bond acceptors (Lipinski definition) is 3. The molecule has 0 spiro atoms. The zero-order valence-corrected chi connectivity index (χ0v) is 16.7. The summed E-state index contributed by atoms with van der Waals surface area (Å²) in [5.41, 5.74) is 4.47. The molecule has 0 aromatic heterocycles. The first-order chi connectivity index (χ1) is 13.2. The Balaban J connectivity index is 1.65. The molecule has 0 bridgehead atoms. The third-order valence-electron chi connectivity index (χ3n) is 4.10. The van der Waals surface area contributed by atoms with E-state index >= 15 is 0 Å². The standard InChI is InChI=1S/C22H21BrN2O2/c1-2-8-19(17-10-4-3-5-11-17)24-25-21(26)15-27-20-14-13-16-9-6-7-12-18(16)22(20)23/h3-7,9-14H,2,8,15H2,1H3,(H,25,26). The van der Waals surface area contributed by atoms with E-state index in [1.165, 1.54) is 0 Å². The summed E-state index contributed by atoms with van der Waals surface area (Å²) in [6.45, 7) is 1.98. The molecule has 0 fully saturated rings. The van der Waals surface area contributed by atoms with Crippen LogP contribution in [0, 0.1) is 0 Å². The lowest BCUT2D eigenvalue weighted by molar-refractivity contribution is -0.123. The molecule has 1 N–H and O–H groups in total.